The summed E-state index contributed by atoms with van der Waals surface area (Å²) in [7, 11) is 0. The van der Waals surface area contributed by atoms with Crippen LogP contribution < -0.4 is 20.6 Å². The molecule has 2 aliphatic carbocycles. The van der Waals surface area contributed by atoms with Crippen LogP contribution in [0.1, 0.15) is 129 Å². The van der Waals surface area contributed by atoms with Crippen molar-refractivity contribution in [2.24, 2.45) is 0 Å². The zero-order valence-corrected chi connectivity index (χ0v) is 44.5. The summed E-state index contributed by atoms with van der Waals surface area (Å²) in [5.74, 6) is 0. The molecule has 2 nitrogen and oxygen atoms in total. The molecule has 1 aromatic heterocycles. The molecular formula is C67H65BN2S. The van der Waals surface area contributed by atoms with E-state index in [4.69, 9.17) is 0 Å². The minimum absolute atomic E-state index is 0.0251. The highest BCUT2D eigenvalue weighted by molar-refractivity contribution is 7.26. The Morgan fingerprint density at radius 2 is 1.11 bits per heavy atom. The normalized spacial score (nSPS) is 16.9. The topological polar surface area (TPSA) is 6.48 Å². The number of nitrogens with zero attached hydrogens (tertiary/aromatic N) is 2. The van der Waals surface area contributed by atoms with Crippen molar-refractivity contribution in [3.63, 3.8) is 0 Å². The predicted molar refractivity (Wildman–Crippen MR) is 309 cm³/mol. The number of thiophene rings is 1. The fourth-order valence-corrected chi connectivity index (χ4v) is 14.4. The zero-order chi connectivity index (χ0) is 49.3. The van der Waals surface area contributed by atoms with Gasteiger partial charge in [0.05, 0.1) is 5.69 Å². The lowest BCUT2D eigenvalue weighted by Gasteiger charge is -2.48. The van der Waals surface area contributed by atoms with E-state index >= 15 is 0 Å². The molecule has 71 heavy (non-hydrogen) atoms. The van der Waals surface area contributed by atoms with Crippen molar-refractivity contribution < 1.29 is 0 Å². The summed E-state index contributed by atoms with van der Waals surface area (Å²) in [6, 6.07) is 59.7. The predicted octanol–water partition coefficient (Wildman–Crippen LogP) is 17.7. The average Bonchev–Trinajstić information content (AvgIpc) is 3.83. The maximum Gasteiger partial charge on any atom is 0.333 e. The minimum atomic E-state index is -0.191. The summed E-state index contributed by atoms with van der Waals surface area (Å²) >= 11 is 1.98. The monoisotopic (exact) mass is 940 g/mol. The molecule has 13 rings (SSSR count). The van der Waals surface area contributed by atoms with Crippen molar-refractivity contribution in [2.75, 3.05) is 9.71 Å². The minimum Gasteiger partial charge on any atom is -0.376 e. The molecule has 0 bridgehead atoms. The number of rotatable bonds is 3. The van der Waals surface area contributed by atoms with Crippen LogP contribution in [0.15, 0.2) is 152 Å². The zero-order valence-electron chi connectivity index (χ0n) is 43.7. The first-order valence-corrected chi connectivity index (χ1v) is 26.9. The summed E-state index contributed by atoms with van der Waals surface area (Å²) in [5, 5.41) is 2.66. The first-order valence-electron chi connectivity index (χ1n) is 26.1. The van der Waals surface area contributed by atoms with Crippen LogP contribution in [-0.2, 0) is 27.1 Å². The van der Waals surface area contributed by atoms with E-state index in [1.807, 2.05) is 11.3 Å². The molecule has 3 heterocycles. The summed E-state index contributed by atoms with van der Waals surface area (Å²) in [4.78, 5) is 5.49. The summed E-state index contributed by atoms with van der Waals surface area (Å²) in [6.45, 7) is 28.7. The fourth-order valence-electron chi connectivity index (χ4n) is 13.2. The van der Waals surface area contributed by atoms with Gasteiger partial charge in [-0.2, -0.15) is 0 Å². The van der Waals surface area contributed by atoms with Crippen LogP contribution in [0.25, 0.3) is 53.6 Å². The molecule has 0 spiro atoms. The summed E-state index contributed by atoms with van der Waals surface area (Å²) in [5.41, 5.74) is 25.2. The highest BCUT2D eigenvalue weighted by Gasteiger charge is 2.50. The van der Waals surface area contributed by atoms with Crippen LogP contribution >= 0.6 is 11.3 Å². The molecular weight excluding hydrogens is 876 g/mol. The second-order valence-electron chi connectivity index (χ2n) is 25.2. The number of benzene rings is 8. The highest BCUT2D eigenvalue weighted by Crippen LogP contribution is 2.58. The SMILES string of the molecule is CC(C)(C)c1ccc(N2B3c4cc5c(cc4N(c4ccc(C(C)(C)C)cc4-c4ccccc4)c4cc6c(sc7ccccc76)c(c43)-c3cc4c(cc32)C(C)(C)CCC4(C)C)C(C)(C)c2ccccc2-5)cc1. The van der Waals surface area contributed by atoms with Gasteiger partial charge in [0.25, 0.3) is 0 Å². The molecule has 4 heteroatoms. The van der Waals surface area contributed by atoms with Gasteiger partial charge in [0.2, 0.25) is 0 Å². The largest absolute Gasteiger partial charge is 0.376 e. The number of anilines is 5. The van der Waals surface area contributed by atoms with Gasteiger partial charge in [0.15, 0.2) is 0 Å². The van der Waals surface area contributed by atoms with Gasteiger partial charge in [-0.15, -0.1) is 11.3 Å². The number of fused-ring (bicyclic) bond motifs is 12. The molecule has 0 saturated heterocycles. The van der Waals surface area contributed by atoms with Gasteiger partial charge in [-0.1, -0.05) is 180 Å². The Bertz CT molecular complexity index is 3710. The lowest BCUT2D eigenvalue weighted by atomic mass is 9.43. The second-order valence-corrected chi connectivity index (χ2v) is 26.3. The van der Waals surface area contributed by atoms with Gasteiger partial charge < -0.3 is 9.71 Å². The third-order valence-corrected chi connectivity index (χ3v) is 18.6. The van der Waals surface area contributed by atoms with Crippen molar-refractivity contribution in [1.82, 2.24) is 0 Å². The molecule has 8 aromatic carbocycles. The standard InChI is InChI=1S/C67H65BN2S/c1-63(2,3)41-26-29-43(30-27-41)70-56-39-53-52(65(7,8)32-33-66(53,9)10)35-49(56)60-61-58(37-48-45-23-17-19-25-59(45)71-62(48)60)69(55-31-28-42(64(4,5)6)34-46(55)40-20-14-13-15-21-40)57-38-51-47(36-54(57)68(61)70)44-22-16-18-24-50(44)67(51,11)12/h13-31,34-39H,32-33H2,1-12H3. The Kier molecular flexibility index (Phi) is 9.33. The number of hydrogen-bond acceptors (Lipinski definition) is 3. The average molecular weight is 941 g/mol. The summed E-state index contributed by atoms with van der Waals surface area (Å²) in [6.07, 6.45) is 2.32. The molecule has 352 valence electrons. The maximum absolute atomic E-state index is 2.78. The van der Waals surface area contributed by atoms with Crippen molar-refractivity contribution in [1.29, 1.82) is 0 Å². The molecule has 0 radical (unpaired) electrons. The molecule has 0 amide bonds. The molecule has 0 saturated carbocycles. The Morgan fingerprint density at radius 1 is 0.479 bits per heavy atom. The number of hydrogen-bond donors (Lipinski definition) is 0. The molecule has 0 unspecified atom stereocenters. The summed E-state index contributed by atoms with van der Waals surface area (Å²) < 4.78 is 2.72. The first-order chi connectivity index (χ1) is 33.7. The Labute approximate surface area is 426 Å². The third-order valence-electron chi connectivity index (χ3n) is 17.4. The van der Waals surface area contributed by atoms with E-state index in [1.165, 1.54) is 126 Å². The maximum atomic E-state index is 2.78. The van der Waals surface area contributed by atoms with Gasteiger partial charge in [-0.05, 0) is 150 Å². The second kappa shape index (κ2) is 14.9. The Balaban J connectivity index is 1.23. The molecule has 0 fully saturated rings. The van der Waals surface area contributed by atoms with Crippen LogP contribution in [0.4, 0.5) is 28.4 Å². The molecule has 0 atom stereocenters. The van der Waals surface area contributed by atoms with Gasteiger partial charge in [0.1, 0.15) is 0 Å². The first kappa shape index (κ1) is 44.6. The smallest absolute Gasteiger partial charge is 0.333 e. The van der Waals surface area contributed by atoms with E-state index in [-0.39, 0.29) is 33.9 Å². The van der Waals surface area contributed by atoms with Gasteiger partial charge in [-0.25, -0.2) is 0 Å². The van der Waals surface area contributed by atoms with E-state index in [0.29, 0.717) is 0 Å². The van der Waals surface area contributed by atoms with Crippen LogP contribution in [0.5, 0.6) is 0 Å². The Morgan fingerprint density at radius 3 is 1.83 bits per heavy atom. The van der Waals surface area contributed by atoms with Crippen LogP contribution in [-0.4, -0.2) is 6.85 Å². The molecule has 4 aliphatic rings. The van der Waals surface area contributed by atoms with E-state index in [1.54, 1.807) is 0 Å². The van der Waals surface area contributed by atoms with E-state index in [9.17, 15) is 0 Å². The lowest BCUT2D eigenvalue weighted by molar-refractivity contribution is 0.332. The fraction of sp³-hybridized carbons (Fsp3) is 0.284. The molecule has 9 aromatic rings. The Hall–Kier alpha value is -6.36. The van der Waals surface area contributed by atoms with Crippen molar-refractivity contribution >= 4 is 77.7 Å². The molecule has 0 N–H and O–H groups in total. The van der Waals surface area contributed by atoms with Crippen molar-refractivity contribution in [3.8, 4) is 33.4 Å². The van der Waals surface area contributed by atoms with Gasteiger partial charge in [0, 0.05) is 65.0 Å². The lowest BCUT2D eigenvalue weighted by Crippen LogP contribution is -2.61. The highest BCUT2D eigenvalue weighted by atomic mass is 32.1. The van der Waals surface area contributed by atoms with Crippen molar-refractivity contribution in [2.45, 2.75) is 123 Å². The van der Waals surface area contributed by atoms with Crippen LogP contribution in [0.3, 0.4) is 0 Å². The van der Waals surface area contributed by atoms with Crippen molar-refractivity contribution in [3.05, 3.63) is 185 Å². The van der Waals surface area contributed by atoms with E-state index in [2.05, 4.69) is 244 Å². The third kappa shape index (κ3) is 6.45. The van der Waals surface area contributed by atoms with Crippen LogP contribution in [0.2, 0.25) is 0 Å². The van der Waals surface area contributed by atoms with Crippen LogP contribution in [0, 0.1) is 0 Å². The quantitative estimate of drug-likeness (QED) is 0.163. The van der Waals surface area contributed by atoms with E-state index in [0.717, 1.165) is 12.8 Å². The van der Waals surface area contributed by atoms with E-state index < -0.39 is 0 Å². The van der Waals surface area contributed by atoms with Gasteiger partial charge >= 0.3 is 6.85 Å². The molecule has 2 aliphatic heterocycles. The van der Waals surface area contributed by atoms with Gasteiger partial charge in [-0.3, -0.25) is 0 Å².